The van der Waals surface area contributed by atoms with Crippen LogP contribution in [-0.2, 0) is 6.18 Å². The normalized spacial score (nSPS) is 11.9. The first-order valence-corrected chi connectivity index (χ1v) is 10.5. The summed E-state index contributed by atoms with van der Waals surface area (Å²) in [6.45, 7) is 0. The molecule has 0 saturated carbocycles. The number of fused-ring (bicyclic) bond motifs is 2. The SMILES string of the molecule is FC(F)(F)c1ccc(-c2cc3ccccc3c(-c3cccc4ccccc34)c2P)cc1. The summed E-state index contributed by atoms with van der Waals surface area (Å²) in [5.74, 6) is 0. The van der Waals surface area contributed by atoms with Gasteiger partial charge >= 0.3 is 6.18 Å². The van der Waals surface area contributed by atoms with Crippen LogP contribution in [0.4, 0.5) is 13.2 Å². The van der Waals surface area contributed by atoms with Gasteiger partial charge in [0.1, 0.15) is 0 Å². The number of hydrogen-bond acceptors (Lipinski definition) is 0. The van der Waals surface area contributed by atoms with Gasteiger partial charge in [-0.15, -0.1) is 9.24 Å². The van der Waals surface area contributed by atoms with Gasteiger partial charge in [0.2, 0.25) is 0 Å². The zero-order chi connectivity index (χ0) is 21.6. The Morgan fingerprint density at radius 1 is 0.581 bits per heavy atom. The molecule has 5 aromatic carbocycles. The van der Waals surface area contributed by atoms with Crippen LogP contribution in [0.25, 0.3) is 43.8 Å². The molecule has 0 aliphatic carbocycles. The molecule has 0 fully saturated rings. The zero-order valence-corrected chi connectivity index (χ0v) is 17.6. The summed E-state index contributed by atoms with van der Waals surface area (Å²) in [6, 6.07) is 30.0. The average molecular weight is 430 g/mol. The Morgan fingerprint density at radius 2 is 1.19 bits per heavy atom. The maximum atomic E-state index is 13.0. The molecule has 0 aromatic heterocycles. The summed E-state index contributed by atoms with van der Waals surface area (Å²) in [5, 5.41) is 5.41. The molecule has 0 N–H and O–H groups in total. The van der Waals surface area contributed by atoms with E-state index in [0.29, 0.717) is 0 Å². The molecule has 31 heavy (non-hydrogen) atoms. The van der Waals surface area contributed by atoms with E-state index >= 15 is 0 Å². The second-order valence-electron chi connectivity index (χ2n) is 7.54. The molecule has 152 valence electrons. The topological polar surface area (TPSA) is 0 Å². The zero-order valence-electron chi connectivity index (χ0n) is 16.4. The van der Waals surface area contributed by atoms with E-state index < -0.39 is 11.7 Å². The first kappa shape index (κ1) is 19.8. The highest BCUT2D eigenvalue weighted by atomic mass is 31.0. The summed E-state index contributed by atoms with van der Waals surface area (Å²) >= 11 is 0. The molecule has 0 nitrogen and oxygen atoms in total. The summed E-state index contributed by atoms with van der Waals surface area (Å²) in [4.78, 5) is 0. The molecule has 4 heteroatoms. The van der Waals surface area contributed by atoms with Crippen LogP contribution in [0.3, 0.4) is 0 Å². The van der Waals surface area contributed by atoms with Crippen LogP contribution in [0.1, 0.15) is 5.56 Å². The Bertz CT molecular complexity index is 1410. The van der Waals surface area contributed by atoms with Gasteiger partial charge in [-0.25, -0.2) is 0 Å². The van der Waals surface area contributed by atoms with Gasteiger partial charge in [0, 0.05) is 0 Å². The van der Waals surface area contributed by atoms with E-state index in [1.165, 1.54) is 0 Å². The second kappa shape index (κ2) is 7.51. The van der Waals surface area contributed by atoms with E-state index in [1.807, 2.05) is 36.4 Å². The van der Waals surface area contributed by atoms with Gasteiger partial charge in [-0.05, 0) is 67.3 Å². The molecule has 0 spiro atoms. The van der Waals surface area contributed by atoms with Crippen LogP contribution in [0.5, 0.6) is 0 Å². The highest BCUT2D eigenvalue weighted by molar-refractivity contribution is 7.28. The van der Waals surface area contributed by atoms with Crippen molar-refractivity contribution in [3.05, 3.63) is 103 Å². The lowest BCUT2D eigenvalue weighted by atomic mass is 9.90. The quantitative estimate of drug-likeness (QED) is 0.250. The first-order chi connectivity index (χ1) is 14.9. The van der Waals surface area contributed by atoms with Gasteiger partial charge in [-0.3, -0.25) is 0 Å². The Hall–Kier alpha value is -3.16. The third kappa shape index (κ3) is 3.49. The summed E-state index contributed by atoms with van der Waals surface area (Å²) in [5.41, 5.74) is 3.20. The van der Waals surface area contributed by atoms with Crippen LogP contribution in [-0.4, -0.2) is 0 Å². The lowest BCUT2D eigenvalue weighted by Gasteiger charge is -2.18. The maximum absolute atomic E-state index is 13.0. The second-order valence-corrected chi connectivity index (χ2v) is 8.11. The van der Waals surface area contributed by atoms with Crippen molar-refractivity contribution in [2.75, 3.05) is 0 Å². The van der Waals surface area contributed by atoms with E-state index in [0.717, 1.165) is 61.2 Å². The molecule has 0 bridgehead atoms. The molecule has 0 aliphatic rings. The van der Waals surface area contributed by atoms with Gasteiger partial charge in [0.25, 0.3) is 0 Å². The lowest BCUT2D eigenvalue weighted by molar-refractivity contribution is -0.137. The minimum Gasteiger partial charge on any atom is -0.166 e. The Morgan fingerprint density at radius 3 is 1.90 bits per heavy atom. The van der Waals surface area contributed by atoms with Crippen LogP contribution in [0.2, 0.25) is 0 Å². The van der Waals surface area contributed by atoms with Gasteiger partial charge in [-0.2, -0.15) is 13.2 Å². The molecule has 0 saturated heterocycles. The summed E-state index contributed by atoms with van der Waals surface area (Å²) < 4.78 is 39.1. The molecule has 1 atom stereocenters. The minimum atomic E-state index is -4.35. The van der Waals surface area contributed by atoms with Gasteiger partial charge in [-0.1, -0.05) is 78.9 Å². The Labute approximate surface area is 180 Å². The molecular weight excluding hydrogens is 412 g/mol. The predicted molar refractivity (Wildman–Crippen MR) is 127 cm³/mol. The van der Waals surface area contributed by atoms with Crippen LogP contribution in [0.15, 0.2) is 97.1 Å². The largest absolute Gasteiger partial charge is 0.416 e. The van der Waals surface area contributed by atoms with Gasteiger partial charge in [0.05, 0.1) is 5.56 Å². The Kier molecular flexibility index (Phi) is 4.79. The monoisotopic (exact) mass is 430 g/mol. The maximum Gasteiger partial charge on any atom is 0.416 e. The van der Waals surface area contributed by atoms with E-state index in [-0.39, 0.29) is 0 Å². The van der Waals surface area contributed by atoms with Crippen LogP contribution in [0, 0.1) is 0 Å². The molecule has 1 unspecified atom stereocenters. The number of alkyl halides is 3. The van der Waals surface area contributed by atoms with E-state index in [1.54, 1.807) is 12.1 Å². The van der Waals surface area contributed by atoms with Crippen molar-refractivity contribution in [3.63, 3.8) is 0 Å². The molecular formula is C27H18F3P. The molecule has 5 rings (SSSR count). The minimum absolute atomic E-state index is 0.642. The lowest BCUT2D eigenvalue weighted by Crippen LogP contribution is -2.06. The van der Waals surface area contributed by atoms with Crippen molar-refractivity contribution in [1.82, 2.24) is 0 Å². The van der Waals surface area contributed by atoms with Gasteiger partial charge < -0.3 is 0 Å². The van der Waals surface area contributed by atoms with E-state index in [4.69, 9.17) is 0 Å². The Balaban J connectivity index is 1.81. The predicted octanol–water partition coefficient (Wildman–Crippen LogP) is 7.85. The van der Waals surface area contributed by atoms with Crippen molar-refractivity contribution >= 4 is 36.1 Å². The molecule has 0 heterocycles. The van der Waals surface area contributed by atoms with Crippen molar-refractivity contribution in [2.45, 2.75) is 6.18 Å². The van der Waals surface area contributed by atoms with Crippen molar-refractivity contribution in [3.8, 4) is 22.3 Å². The average Bonchev–Trinajstić information content (AvgIpc) is 2.78. The fourth-order valence-corrected chi connectivity index (χ4v) is 4.74. The van der Waals surface area contributed by atoms with E-state index in [2.05, 4.69) is 45.6 Å². The smallest absolute Gasteiger partial charge is 0.166 e. The number of benzene rings is 5. The summed E-state index contributed by atoms with van der Waals surface area (Å²) in [6.07, 6.45) is -4.35. The summed E-state index contributed by atoms with van der Waals surface area (Å²) in [7, 11) is 2.83. The fourth-order valence-electron chi connectivity index (χ4n) is 4.17. The van der Waals surface area contributed by atoms with Crippen molar-refractivity contribution in [1.29, 1.82) is 0 Å². The van der Waals surface area contributed by atoms with Crippen LogP contribution < -0.4 is 5.30 Å². The first-order valence-electron chi connectivity index (χ1n) is 9.90. The fraction of sp³-hybridized carbons (Fsp3) is 0.0370. The molecule has 0 radical (unpaired) electrons. The molecule has 0 amide bonds. The molecule has 5 aromatic rings. The number of rotatable bonds is 2. The third-order valence-corrected chi connectivity index (χ3v) is 6.27. The van der Waals surface area contributed by atoms with Crippen molar-refractivity contribution in [2.24, 2.45) is 0 Å². The van der Waals surface area contributed by atoms with E-state index in [9.17, 15) is 13.2 Å². The van der Waals surface area contributed by atoms with Crippen molar-refractivity contribution < 1.29 is 13.2 Å². The van der Waals surface area contributed by atoms with Gasteiger partial charge in [0.15, 0.2) is 0 Å². The third-order valence-electron chi connectivity index (χ3n) is 5.67. The number of hydrogen-bond donors (Lipinski definition) is 0. The highest BCUT2D eigenvalue weighted by Crippen LogP contribution is 2.38. The highest BCUT2D eigenvalue weighted by Gasteiger charge is 2.30. The molecule has 0 aliphatic heterocycles. The number of halogens is 3. The standard InChI is InChI=1S/C27H18F3P/c28-27(29,30)20-14-12-18(13-15-20)24-16-19-7-2-4-10-22(19)25(26(24)31)23-11-5-8-17-6-1-3-9-21(17)23/h1-16H,31H2. The van der Waals surface area contributed by atoms with Crippen LogP contribution >= 0.6 is 9.24 Å².